The number of benzene rings is 1. The highest BCUT2D eigenvalue weighted by Crippen LogP contribution is 2.26. The van der Waals surface area contributed by atoms with Crippen molar-refractivity contribution in [3.8, 4) is 5.75 Å². The molecule has 1 aliphatic heterocycles. The predicted molar refractivity (Wildman–Crippen MR) is 78.7 cm³/mol. The Morgan fingerprint density at radius 3 is 2.81 bits per heavy atom. The van der Waals surface area contributed by atoms with Crippen molar-refractivity contribution in [1.29, 1.82) is 0 Å². The number of halogens is 4. The number of amides is 1. The lowest BCUT2D eigenvalue weighted by Gasteiger charge is -2.24. The van der Waals surface area contributed by atoms with Gasteiger partial charge in [0.2, 0.25) is 0 Å². The van der Waals surface area contributed by atoms with Gasteiger partial charge in [0.1, 0.15) is 5.75 Å². The zero-order valence-electron chi connectivity index (χ0n) is 11.3. The van der Waals surface area contributed by atoms with Crippen LogP contribution >= 0.6 is 24.0 Å². The fourth-order valence-electron chi connectivity index (χ4n) is 2.19. The van der Waals surface area contributed by atoms with E-state index in [4.69, 9.17) is 11.6 Å². The number of carbonyl (C=O) groups excluding carboxylic acids is 1. The van der Waals surface area contributed by atoms with E-state index in [1.165, 1.54) is 23.1 Å². The van der Waals surface area contributed by atoms with Crippen LogP contribution in [-0.2, 0) is 0 Å². The number of rotatable bonds is 4. The molecule has 1 aromatic rings. The summed E-state index contributed by atoms with van der Waals surface area (Å²) in [6.07, 6.45) is 0.827. The van der Waals surface area contributed by atoms with Crippen LogP contribution in [0.5, 0.6) is 5.75 Å². The van der Waals surface area contributed by atoms with Crippen LogP contribution in [0.25, 0.3) is 0 Å². The summed E-state index contributed by atoms with van der Waals surface area (Å²) >= 11 is 5.84. The quantitative estimate of drug-likeness (QED) is 0.916. The maximum absolute atomic E-state index is 12.4. The van der Waals surface area contributed by atoms with E-state index in [0.717, 1.165) is 13.0 Å². The molecule has 1 amide bonds. The number of ether oxygens (including phenoxy) is 1. The molecule has 118 valence electrons. The predicted octanol–water partition coefficient (Wildman–Crippen LogP) is 2.80. The van der Waals surface area contributed by atoms with Crippen LogP contribution in [0.2, 0.25) is 5.02 Å². The SMILES string of the molecule is CN(C(=O)c1cc(Cl)ccc1OC(F)F)C1CCNC1.Cl. The zero-order valence-corrected chi connectivity index (χ0v) is 12.9. The van der Waals surface area contributed by atoms with E-state index in [0.29, 0.717) is 11.6 Å². The third-order valence-corrected chi connectivity index (χ3v) is 3.53. The minimum Gasteiger partial charge on any atom is -0.434 e. The van der Waals surface area contributed by atoms with Gasteiger partial charge in [-0.2, -0.15) is 8.78 Å². The van der Waals surface area contributed by atoms with E-state index in [9.17, 15) is 13.6 Å². The molecule has 2 rings (SSSR count). The van der Waals surface area contributed by atoms with Crippen LogP contribution in [0.4, 0.5) is 8.78 Å². The monoisotopic (exact) mass is 340 g/mol. The Bertz CT molecular complexity index is 497. The van der Waals surface area contributed by atoms with Crippen molar-refractivity contribution in [2.24, 2.45) is 0 Å². The van der Waals surface area contributed by atoms with Crippen molar-refractivity contribution in [1.82, 2.24) is 10.2 Å². The summed E-state index contributed by atoms with van der Waals surface area (Å²) < 4.78 is 29.1. The summed E-state index contributed by atoms with van der Waals surface area (Å²) in [6.45, 7) is -1.47. The second kappa shape index (κ2) is 7.77. The van der Waals surface area contributed by atoms with Crippen LogP contribution in [0, 0.1) is 0 Å². The Kier molecular flexibility index (Phi) is 6.64. The van der Waals surface area contributed by atoms with E-state index in [2.05, 4.69) is 10.1 Å². The van der Waals surface area contributed by atoms with Crippen molar-refractivity contribution < 1.29 is 18.3 Å². The summed E-state index contributed by atoms with van der Waals surface area (Å²) in [5.41, 5.74) is 0.0483. The molecule has 1 atom stereocenters. The molecule has 0 spiro atoms. The first kappa shape index (κ1) is 17.9. The van der Waals surface area contributed by atoms with Crippen LogP contribution < -0.4 is 10.1 Å². The minimum absolute atomic E-state index is 0. The molecule has 1 aromatic carbocycles. The molecular formula is C13H16Cl2F2N2O2. The summed E-state index contributed by atoms with van der Waals surface area (Å²) in [4.78, 5) is 13.9. The molecule has 21 heavy (non-hydrogen) atoms. The molecule has 1 saturated heterocycles. The van der Waals surface area contributed by atoms with Gasteiger partial charge in [0.25, 0.3) is 5.91 Å². The number of carbonyl (C=O) groups is 1. The van der Waals surface area contributed by atoms with Crippen molar-refractivity contribution in [2.45, 2.75) is 19.1 Å². The molecule has 1 unspecified atom stereocenters. The average molecular weight is 341 g/mol. The molecule has 0 saturated carbocycles. The Labute approximate surface area is 132 Å². The highest BCUT2D eigenvalue weighted by atomic mass is 35.5. The van der Waals surface area contributed by atoms with Gasteiger partial charge in [-0.15, -0.1) is 12.4 Å². The minimum atomic E-state index is -2.99. The Hall–Kier alpha value is -1.11. The topological polar surface area (TPSA) is 41.6 Å². The molecule has 1 aliphatic rings. The molecule has 1 fully saturated rings. The summed E-state index contributed by atoms with van der Waals surface area (Å²) in [6, 6.07) is 4.08. The van der Waals surface area contributed by atoms with Gasteiger partial charge in [-0.25, -0.2) is 0 Å². The average Bonchev–Trinajstić information content (AvgIpc) is 2.92. The smallest absolute Gasteiger partial charge is 0.387 e. The molecule has 0 radical (unpaired) electrons. The number of alkyl halides is 2. The highest BCUT2D eigenvalue weighted by Gasteiger charge is 2.26. The Morgan fingerprint density at radius 1 is 1.52 bits per heavy atom. The van der Waals surface area contributed by atoms with Crippen molar-refractivity contribution in [3.63, 3.8) is 0 Å². The van der Waals surface area contributed by atoms with Gasteiger partial charge < -0.3 is 15.0 Å². The van der Waals surface area contributed by atoms with E-state index in [-0.39, 0.29) is 35.7 Å². The first-order chi connectivity index (χ1) is 9.49. The Morgan fingerprint density at radius 2 is 2.24 bits per heavy atom. The molecule has 0 bridgehead atoms. The van der Waals surface area contributed by atoms with E-state index in [1.54, 1.807) is 7.05 Å². The fraction of sp³-hybridized carbons (Fsp3) is 0.462. The third-order valence-electron chi connectivity index (χ3n) is 3.29. The highest BCUT2D eigenvalue weighted by molar-refractivity contribution is 6.31. The lowest BCUT2D eigenvalue weighted by Crippen LogP contribution is -2.38. The van der Waals surface area contributed by atoms with E-state index in [1.807, 2.05) is 0 Å². The molecule has 0 aromatic heterocycles. The van der Waals surface area contributed by atoms with Crippen molar-refractivity contribution in [2.75, 3.05) is 20.1 Å². The van der Waals surface area contributed by atoms with Crippen molar-refractivity contribution >= 4 is 29.9 Å². The summed E-state index contributed by atoms with van der Waals surface area (Å²) in [7, 11) is 1.65. The molecule has 0 aliphatic carbocycles. The largest absolute Gasteiger partial charge is 0.434 e. The second-order valence-corrected chi connectivity index (χ2v) is 5.02. The van der Waals surface area contributed by atoms with Crippen molar-refractivity contribution in [3.05, 3.63) is 28.8 Å². The third kappa shape index (κ3) is 4.43. The van der Waals surface area contributed by atoms with Gasteiger partial charge in [0.05, 0.1) is 5.56 Å². The maximum Gasteiger partial charge on any atom is 0.387 e. The van der Waals surface area contributed by atoms with Gasteiger partial charge in [0, 0.05) is 24.7 Å². The lowest BCUT2D eigenvalue weighted by molar-refractivity contribution is -0.0502. The zero-order chi connectivity index (χ0) is 14.7. The second-order valence-electron chi connectivity index (χ2n) is 4.58. The van der Waals surface area contributed by atoms with Gasteiger partial charge >= 0.3 is 6.61 Å². The number of nitrogens with one attached hydrogen (secondary N) is 1. The van der Waals surface area contributed by atoms with Gasteiger partial charge in [0.15, 0.2) is 0 Å². The standard InChI is InChI=1S/C13H15ClF2N2O2.ClH/c1-18(9-4-5-17-7-9)12(19)10-6-8(14)2-3-11(10)20-13(15)16;/h2-3,6,9,13,17H,4-5,7H2,1H3;1H. The first-order valence-electron chi connectivity index (χ1n) is 6.21. The molecule has 8 heteroatoms. The fourth-order valence-corrected chi connectivity index (χ4v) is 2.37. The van der Waals surface area contributed by atoms with Gasteiger partial charge in [-0.05, 0) is 31.2 Å². The van der Waals surface area contributed by atoms with Gasteiger partial charge in [-0.3, -0.25) is 4.79 Å². The normalized spacial score (nSPS) is 17.5. The van der Waals surface area contributed by atoms with Crippen LogP contribution in [0.3, 0.4) is 0 Å². The Balaban J connectivity index is 0.00000220. The van der Waals surface area contributed by atoms with E-state index < -0.39 is 6.61 Å². The lowest BCUT2D eigenvalue weighted by atomic mass is 10.1. The molecule has 1 heterocycles. The number of hydrogen-bond acceptors (Lipinski definition) is 3. The van der Waals surface area contributed by atoms with Crippen LogP contribution in [0.15, 0.2) is 18.2 Å². The number of hydrogen-bond donors (Lipinski definition) is 1. The number of likely N-dealkylation sites (N-methyl/N-ethyl adjacent to an activating group) is 1. The van der Waals surface area contributed by atoms with E-state index >= 15 is 0 Å². The number of nitrogens with zero attached hydrogens (tertiary/aromatic N) is 1. The maximum atomic E-state index is 12.4. The van der Waals surface area contributed by atoms with Crippen LogP contribution in [-0.4, -0.2) is 43.6 Å². The summed E-state index contributed by atoms with van der Waals surface area (Å²) in [5.74, 6) is -0.538. The van der Waals surface area contributed by atoms with Crippen LogP contribution in [0.1, 0.15) is 16.8 Å². The summed E-state index contributed by atoms with van der Waals surface area (Å²) in [5, 5.41) is 3.45. The first-order valence-corrected chi connectivity index (χ1v) is 6.59. The molecule has 1 N–H and O–H groups in total. The molecule has 4 nitrogen and oxygen atoms in total. The van der Waals surface area contributed by atoms with Gasteiger partial charge in [-0.1, -0.05) is 11.6 Å². The molecular weight excluding hydrogens is 325 g/mol.